The molecule has 1 saturated heterocycles. The number of nitrogens with zero attached hydrogens (tertiary/aromatic N) is 1. The molecule has 5 heteroatoms. The maximum atomic E-state index is 11.9. The fourth-order valence-electron chi connectivity index (χ4n) is 2.37. The van der Waals surface area contributed by atoms with Gasteiger partial charge in [-0.05, 0) is 5.56 Å². The van der Waals surface area contributed by atoms with Crippen molar-refractivity contribution in [2.75, 3.05) is 19.6 Å². The number of nitrogens with one attached hydrogen (secondary N) is 1. The van der Waals surface area contributed by atoms with Crippen LogP contribution >= 0.6 is 0 Å². The Morgan fingerprint density at radius 3 is 2.47 bits per heavy atom. The van der Waals surface area contributed by atoms with Crippen molar-refractivity contribution in [1.29, 1.82) is 0 Å². The summed E-state index contributed by atoms with van der Waals surface area (Å²) in [6, 6.07) is 9.59. The summed E-state index contributed by atoms with van der Waals surface area (Å²) in [7, 11) is 0. The van der Waals surface area contributed by atoms with Gasteiger partial charge in [-0.2, -0.15) is 0 Å². The number of Topliss-reactive ketones (excluding diaryl/α,β-unsaturated/α-hetero) is 1. The van der Waals surface area contributed by atoms with Gasteiger partial charge < -0.3 is 4.90 Å². The Morgan fingerprint density at radius 1 is 1.26 bits per heavy atom. The molecular formula is C14H19N3O2. The molecule has 0 aliphatic carbocycles. The van der Waals surface area contributed by atoms with E-state index in [1.165, 1.54) is 0 Å². The second-order valence-electron chi connectivity index (χ2n) is 4.81. The largest absolute Gasteiger partial charge is 0.301 e. The van der Waals surface area contributed by atoms with Crippen LogP contribution in [0.5, 0.6) is 0 Å². The highest BCUT2D eigenvalue weighted by molar-refractivity contribution is 5.83. The number of ketones is 1. The Kier molecular flexibility index (Phi) is 4.65. The molecule has 0 bridgehead atoms. The average molecular weight is 261 g/mol. The van der Waals surface area contributed by atoms with Crippen LogP contribution in [0.15, 0.2) is 30.3 Å². The molecule has 19 heavy (non-hydrogen) atoms. The van der Waals surface area contributed by atoms with E-state index >= 15 is 0 Å². The Labute approximate surface area is 112 Å². The fourth-order valence-corrected chi connectivity index (χ4v) is 2.37. The van der Waals surface area contributed by atoms with Crippen LogP contribution in [0.25, 0.3) is 0 Å². The third kappa shape index (κ3) is 3.62. The molecule has 0 spiro atoms. The predicted molar refractivity (Wildman–Crippen MR) is 72.2 cm³/mol. The minimum Gasteiger partial charge on any atom is -0.301 e. The van der Waals surface area contributed by atoms with Gasteiger partial charge in [0.15, 0.2) is 0 Å². The van der Waals surface area contributed by atoms with Crippen LogP contribution in [0.2, 0.25) is 0 Å². The highest BCUT2D eigenvalue weighted by Gasteiger charge is 2.25. The van der Waals surface area contributed by atoms with Crippen molar-refractivity contribution in [2.24, 2.45) is 5.84 Å². The number of carbonyl (C=O) groups is 2. The van der Waals surface area contributed by atoms with Crippen molar-refractivity contribution >= 4 is 11.7 Å². The first-order valence-corrected chi connectivity index (χ1v) is 6.50. The van der Waals surface area contributed by atoms with Gasteiger partial charge in [-0.15, -0.1) is 0 Å². The maximum Gasteiger partial charge on any atom is 0.242 e. The van der Waals surface area contributed by atoms with E-state index in [1.807, 2.05) is 30.3 Å². The fraction of sp³-hybridized carbons (Fsp3) is 0.429. The summed E-state index contributed by atoms with van der Waals surface area (Å²) >= 11 is 0. The topological polar surface area (TPSA) is 75.4 Å². The van der Waals surface area contributed by atoms with Crippen molar-refractivity contribution < 1.29 is 9.59 Å². The molecule has 1 aromatic carbocycles. The monoisotopic (exact) mass is 261 g/mol. The van der Waals surface area contributed by atoms with Gasteiger partial charge in [-0.25, -0.2) is 5.84 Å². The quantitative estimate of drug-likeness (QED) is 0.468. The first kappa shape index (κ1) is 13.7. The number of likely N-dealkylation sites (tertiary alicyclic amines) is 1. The molecule has 1 heterocycles. The zero-order chi connectivity index (χ0) is 13.7. The van der Waals surface area contributed by atoms with E-state index in [9.17, 15) is 9.59 Å². The standard InChI is InChI=1S/C14H19N3O2/c15-16-14(19)13(11-4-2-1-3-5-11)10-17-8-6-12(18)7-9-17/h1-5,13H,6-10,15H2,(H,16,19). The molecule has 0 aromatic heterocycles. The van der Waals surface area contributed by atoms with Gasteiger partial charge in [-0.3, -0.25) is 15.0 Å². The van der Waals surface area contributed by atoms with Crippen LogP contribution in [0.4, 0.5) is 0 Å². The molecule has 1 aromatic rings. The van der Waals surface area contributed by atoms with Gasteiger partial charge in [0, 0.05) is 32.5 Å². The Bertz CT molecular complexity index is 437. The van der Waals surface area contributed by atoms with Gasteiger partial charge in [0.05, 0.1) is 5.92 Å². The SMILES string of the molecule is NNC(=O)C(CN1CCC(=O)CC1)c1ccccc1. The first-order valence-electron chi connectivity index (χ1n) is 6.50. The first-order chi connectivity index (χ1) is 9.20. The molecule has 1 aliphatic heterocycles. The smallest absolute Gasteiger partial charge is 0.242 e. The summed E-state index contributed by atoms with van der Waals surface area (Å²) in [6.07, 6.45) is 1.15. The Hall–Kier alpha value is -1.72. The highest BCUT2D eigenvalue weighted by Crippen LogP contribution is 2.19. The Morgan fingerprint density at radius 2 is 1.89 bits per heavy atom. The number of hydrogen-bond donors (Lipinski definition) is 2. The number of benzene rings is 1. The molecule has 1 aliphatic rings. The molecule has 1 atom stereocenters. The summed E-state index contributed by atoms with van der Waals surface area (Å²) in [4.78, 5) is 25.3. The minimum atomic E-state index is -0.292. The molecular weight excluding hydrogens is 242 g/mol. The van der Waals surface area contributed by atoms with E-state index in [1.54, 1.807) is 0 Å². The third-order valence-corrected chi connectivity index (χ3v) is 3.52. The van der Waals surface area contributed by atoms with Crippen LogP contribution < -0.4 is 11.3 Å². The van der Waals surface area contributed by atoms with E-state index in [2.05, 4.69) is 10.3 Å². The molecule has 5 nitrogen and oxygen atoms in total. The van der Waals surface area contributed by atoms with Crippen molar-refractivity contribution in [3.63, 3.8) is 0 Å². The number of hydrazine groups is 1. The second kappa shape index (κ2) is 6.45. The number of rotatable bonds is 4. The lowest BCUT2D eigenvalue weighted by atomic mass is 9.96. The van der Waals surface area contributed by atoms with Gasteiger partial charge in [0.1, 0.15) is 5.78 Å². The lowest BCUT2D eigenvalue weighted by Crippen LogP contribution is -2.43. The highest BCUT2D eigenvalue weighted by atomic mass is 16.2. The molecule has 0 saturated carbocycles. The zero-order valence-electron chi connectivity index (χ0n) is 10.8. The van der Waals surface area contributed by atoms with Crippen LogP contribution in [0.3, 0.4) is 0 Å². The summed E-state index contributed by atoms with van der Waals surface area (Å²) in [6.45, 7) is 2.04. The third-order valence-electron chi connectivity index (χ3n) is 3.52. The molecule has 1 unspecified atom stereocenters. The normalized spacial score (nSPS) is 18.1. The van der Waals surface area contributed by atoms with Crippen LogP contribution in [0, 0.1) is 0 Å². The van der Waals surface area contributed by atoms with Crippen molar-refractivity contribution in [1.82, 2.24) is 10.3 Å². The number of carbonyl (C=O) groups excluding carboxylic acids is 2. The van der Waals surface area contributed by atoms with E-state index in [0.717, 1.165) is 18.7 Å². The van der Waals surface area contributed by atoms with Crippen molar-refractivity contribution in [2.45, 2.75) is 18.8 Å². The van der Waals surface area contributed by atoms with Crippen LogP contribution in [0.1, 0.15) is 24.3 Å². The molecule has 3 N–H and O–H groups in total. The predicted octanol–water partition coefficient (Wildman–Crippen LogP) is 0.425. The minimum absolute atomic E-state index is 0.192. The average Bonchev–Trinajstić information content (AvgIpc) is 2.47. The van der Waals surface area contributed by atoms with E-state index in [0.29, 0.717) is 25.2 Å². The number of piperidine rings is 1. The molecule has 1 amide bonds. The number of amides is 1. The summed E-state index contributed by atoms with van der Waals surface area (Å²) < 4.78 is 0. The van der Waals surface area contributed by atoms with E-state index < -0.39 is 0 Å². The lowest BCUT2D eigenvalue weighted by molar-refractivity contribution is -0.123. The molecule has 102 valence electrons. The molecule has 1 fully saturated rings. The van der Waals surface area contributed by atoms with Gasteiger partial charge in [-0.1, -0.05) is 30.3 Å². The Balaban J connectivity index is 2.06. The van der Waals surface area contributed by atoms with Crippen molar-refractivity contribution in [3.8, 4) is 0 Å². The van der Waals surface area contributed by atoms with Crippen molar-refractivity contribution in [3.05, 3.63) is 35.9 Å². The summed E-state index contributed by atoms with van der Waals surface area (Å²) in [5.41, 5.74) is 3.18. The number of hydrogen-bond acceptors (Lipinski definition) is 4. The lowest BCUT2D eigenvalue weighted by Gasteiger charge is -2.29. The maximum absolute atomic E-state index is 11.9. The second-order valence-corrected chi connectivity index (χ2v) is 4.81. The zero-order valence-corrected chi connectivity index (χ0v) is 10.8. The van der Waals surface area contributed by atoms with E-state index in [4.69, 9.17) is 5.84 Å². The summed E-state index contributed by atoms with van der Waals surface area (Å²) in [5, 5.41) is 0. The molecule has 2 rings (SSSR count). The number of nitrogens with two attached hydrogens (primary N) is 1. The van der Waals surface area contributed by atoms with Gasteiger partial charge in [0.25, 0.3) is 0 Å². The van der Waals surface area contributed by atoms with E-state index in [-0.39, 0.29) is 11.8 Å². The van der Waals surface area contributed by atoms with Gasteiger partial charge >= 0.3 is 0 Å². The molecule has 0 radical (unpaired) electrons. The summed E-state index contributed by atoms with van der Waals surface area (Å²) in [5.74, 6) is 5.08. The van der Waals surface area contributed by atoms with Crippen LogP contribution in [-0.4, -0.2) is 36.2 Å². The van der Waals surface area contributed by atoms with Gasteiger partial charge in [0.2, 0.25) is 5.91 Å². The van der Waals surface area contributed by atoms with Crippen LogP contribution in [-0.2, 0) is 9.59 Å².